The van der Waals surface area contributed by atoms with Crippen molar-refractivity contribution in [2.75, 3.05) is 18.9 Å². The molecule has 0 aliphatic carbocycles. The molecule has 1 aromatic heterocycles. The number of hydrogen-bond acceptors (Lipinski definition) is 6. The summed E-state index contributed by atoms with van der Waals surface area (Å²) in [7, 11) is 0. The van der Waals surface area contributed by atoms with Crippen molar-refractivity contribution in [3.05, 3.63) is 23.9 Å². The van der Waals surface area contributed by atoms with Gasteiger partial charge in [-0.15, -0.1) is 0 Å². The maximum atomic E-state index is 5.64. The van der Waals surface area contributed by atoms with E-state index in [-0.39, 0.29) is 12.3 Å². The van der Waals surface area contributed by atoms with Crippen molar-refractivity contribution >= 4 is 5.82 Å². The van der Waals surface area contributed by atoms with Crippen LogP contribution in [0, 0.1) is 0 Å². The van der Waals surface area contributed by atoms with Crippen molar-refractivity contribution in [1.82, 2.24) is 10.4 Å². The van der Waals surface area contributed by atoms with Crippen LogP contribution < -0.4 is 17.0 Å². The van der Waals surface area contributed by atoms with Crippen LogP contribution in [-0.2, 0) is 15.9 Å². The molecule has 0 aliphatic heterocycles. The summed E-state index contributed by atoms with van der Waals surface area (Å²) >= 11 is 0. The average molecular weight is 254 g/mol. The number of hydrogen-bond donors (Lipinski definition) is 3. The van der Waals surface area contributed by atoms with Gasteiger partial charge in [0.25, 0.3) is 0 Å². The molecule has 6 nitrogen and oxygen atoms in total. The van der Waals surface area contributed by atoms with Gasteiger partial charge in [-0.1, -0.05) is 0 Å². The molecule has 5 N–H and O–H groups in total. The highest BCUT2D eigenvalue weighted by atomic mass is 16.7. The number of hydrazine groups is 1. The quantitative estimate of drug-likeness (QED) is 0.354. The number of ether oxygens (including phenoxy) is 2. The normalized spacial score (nSPS) is 12.9. The van der Waals surface area contributed by atoms with Crippen molar-refractivity contribution in [2.45, 2.75) is 32.6 Å². The summed E-state index contributed by atoms with van der Waals surface area (Å²) in [6.07, 6.45) is 1.96. The summed E-state index contributed by atoms with van der Waals surface area (Å²) in [6.45, 7) is 4.98. The molecule has 1 atom stereocenters. The van der Waals surface area contributed by atoms with Crippen LogP contribution >= 0.6 is 0 Å². The smallest absolute Gasteiger partial charge is 0.174 e. The molecule has 1 rings (SSSR count). The number of nitrogen functional groups attached to an aromatic ring is 1. The van der Waals surface area contributed by atoms with E-state index in [2.05, 4.69) is 10.4 Å². The molecule has 0 amide bonds. The van der Waals surface area contributed by atoms with E-state index >= 15 is 0 Å². The van der Waals surface area contributed by atoms with Crippen LogP contribution in [0.2, 0.25) is 0 Å². The summed E-state index contributed by atoms with van der Waals surface area (Å²) in [5.41, 5.74) is 9.41. The minimum Gasteiger partial charge on any atom is -0.384 e. The van der Waals surface area contributed by atoms with Gasteiger partial charge in [0.05, 0.1) is 6.04 Å². The Hall–Kier alpha value is -1.21. The molecule has 0 aliphatic rings. The Bertz CT molecular complexity index is 343. The van der Waals surface area contributed by atoms with E-state index in [4.69, 9.17) is 21.1 Å². The third-order valence-corrected chi connectivity index (χ3v) is 2.51. The Morgan fingerprint density at radius 1 is 1.33 bits per heavy atom. The molecule has 0 spiro atoms. The lowest BCUT2D eigenvalue weighted by atomic mass is 10.1. The number of nitrogens with one attached hydrogen (secondary N) is 1. The molecule has 0 saturated heterocycles. The minimum atomic E-state index is -0.376. The number of rotatable bonds is 8. The molecule has 1 aromatic rings. The van der Waals surface area contributed by atoms with Gasteiger partial charge in [-0.25, -0.2) is 4.98 Å². The number of nitrogens with zero attached hydrogens (tertiary/aromatic N) is 1. The topological polar surface area (TPSA) is 95.4 Å². The number of nitrogens with two attached hydrogens (primary N) is 2. The van der Waals surface area contributed by atoms with E-state index < -0.39 is 0 Å². The fourth-order valence-electron chi connectivity index (χ4n) is 1.72. The molecule has 1 unspecified atom stereocenters. The summed E-state index contributed by atoms with van der Waals surface area (Å²) in [4.78, 5) is 3.95. The molecule has 0 saturated carbocycles. The third-order valence-electron chi connectivity index (χ3n) is 2.51. The lowest BCUT2D eigenvalue weighted by Crippen LogP contribution is -2.48. The van der Waals surface area contributed by atoms with Gasteiger partial charge in [-0.2, -0.15) is 0 Å². The zero-order valence-electron chi connectivity index (χ0n) is 10.9. The second-order valence-electron chi connectivity index (χ2n) is 3.85. The van der Waals surface area contributed by atoms with Gasteiger partial charge in [-0.05, 0) is 38.0 Å². The van der Waals surface area contributed by atoms with Crippen LogP contribution in [0.4, 0.5) is 5.82 Å². The molecule has 0 aromatic carbocycles. The predicted octanol–water partition coefficient (Wildman–Crippen LogP) is 0.437. The SMILES string of the molecule is CCOC(OCC)C(Cc1ccnc(N)c1)NN. The molecular formula is C12H22N4O2. The monoisotopic (exact) mass is 254 g/mol. The Kier molecular flexibility index (Phi) is 6.59. The van der Waals surface area contributed by atoms with E-state index in [0.717, 1.165) is 5.56 Å². The first-order valence-corrected chi connectivity index (χ1v) is 6.11. The molecule has 1 heterocycles. The van der Waals surface area contributed by atoms with Gasteiger partial charge in [0, 0.05) is 19.4 Å². The largest absolute Gasteiger partial charge is 0.384 e. The lowest BCUT2D eigenvalue weighted by Gasteiger charge is -2.26. The maximum Gasteiger partial charge on any atom is 0.174 e. The zero-order valence-corrected chi connectivity index (χ0v) is 10.9. The van der Waals surface area contributed by atoms with Crippen LogP contribution in [0.5, 0.6) is 0 Å². The summed E-state index contributed by atoms with van der Waals surface area (Å²) in [5, 5.41) is 0. The molecule has 18 heavy (non-hydrogen) atoms. The molecule has 0 radical (unpaired) electrons. The van der Waals surface area contributed by atoms with E-state index in [9.17, 15) is 0 Å². The standard InChI is InChI=1S/C12H22N4O2/c1-3-17-12(18-4-2)10(16-14)7-9-5-6-15-11(13)8-9/h5-6,8,10,12,16H,3-4,7,14H2,1-2H3,(H2,13,15). The fraction of sp³-hybridized carbons (Fsp3) is 0.583. The van der Waals surface area contributed by atoms with E-state index in [1.54, 1.807) is 6.20 Å². The third kappa shape index (κ3) is 4.58. The van der Waals surface area contributed by atoms with E-state index in [0.29, 0.717) is 25.5 Å². The Balaban J connectivity index is 2.69. The molecule has 0 fully saturated rings. The highest BCUT2D eigenvalue weighted by molar-refractivity contribution is 5.32. The van der Waals surface area contributed by atoms with Crippen LogP contribution in [0.1, 0.15) is 19.4 Å². The molecular weight excluding hydrogens is 232 g/mol. The van der Waals surface area contributed by atoms with Gasteiger partial charge >= 0.3 is 0 Å². The van der Waals surface area contributed by atoms with Crippen LogP contribution in [0.25, 0.3) is 0 Å². The van der Waals surface area contributed by atoms with Crippen LogP contribution in [-0.4, -0.2) is 30.5 Å². The van der Waals surface area contributed by atoms with Gasteiger partial charge < -0.3 is 15.2 Å². The van der Waals surface area contributed by atoms with Gasteiger partial charge in [0.15, 0.2) is 6.29 Å². The molecule has 0 bridgehead atoms. The van der Waals surface area contributed by atoms with E-state index in [1.807, 2.05) is 26.0 Å². The lowest BCUT2D eigenvalue weighted by molar-refractivity contribution is -0.153. The van der Waals surface area contributed by atoms with Gasteiger partial charge in [-0.3, -0.25) is 11.3 Å². The van der Waals surface area contributed by atoms with Crippen molar-refractivity contribution in [2.24, 2.45) is 5.84 Å². The first-order chi connectivity index (χ1) is 8.71. The number of pyridine rings is 1. The number of anilines is 1. The van der Waals surface area contributed by atoms with Crippen molar-refractivity contribution < 1.29 is 9.47 Å². The van der Waals surface area contributed by atoms with E-state index in [1.165, 1.54) is 0 Å². The second kappa shape index (κ2) is 7.99. The Morgan fingerprint density at radius 2 is 2.00 bits per heavy atom. The highest BCUT2D eigenvalue weighted by Gasteiger charge is 2.21. The first-order valence-electron chi connectivity index (χ1n) is 6.11. The Labute approximate surface area is 108 Å². The average Bonchev–Trinajstić information content (AvgIpc) is 2.36. The van der Waals surface area contributed by atoms with Gasteiger partial charge in [0.1, 0.15) is 5.82 Å². The Morgan fingerprint density at radius 3 is 2.50 bits per heavy atom. The molecule has 102 valence electrons. The zero-order chi connectivity index (χ0) is 13.4. The van der Waals surface area contributed by atoms with Gasteiger partial charge in [0.2, 0.25) is 0 Å². The maximum absolute atomic E-state index is 5.64. The fourth-order valence-corrected chi connectivity index (χ4v) is 1.72. The second-order valence-corrected chi connectivity index (χ2v) is 3.85. The van der Waals surface area contributed by atoms with Crippen LogP contribution in [0.15, 0.2) is 18.3 Å². The van der Waals surface area contributed by atoms with Crippen molar-refractivity contribution in [3.63, 3.8) is 0 Å². The summed E-state index contributed by atoms with van der Waals surface area (Å²) in [5.74, 6) is 6.06. The minimum absolute atomic E-state index is 0.133. The predicted molar refractivity (Wildman–Crippen MR) is 70.5 cm³/mol. The highest BCUT2D eigenvalue weighted by Crippen LogP contribution is 2.11. The number of aromatic nitrogens is 1. The summed E-state index contributed by atoms with van der Waals surface area (Å²) in [6, 6.07) is 3.58. The van der Waals surface area contributed by atoms with Crippen molar-refractivity contribution in [3.8, 4) is 0 Å². The first kappa shape index (κ1) is 14.8. The summed E-state index contributed by atoms with van der Waals surface area (Å²) < 4.78 is 11.1. The molecule has 6 heteroatoms. The van der Waals surface area contributed by atoms with Crippen LogP contribution in [0.3, 0.4) is 0 Å². The van der Waals surface area contributed by atoms with Crippen molar-refractivity contribution in [1.29, 1.82) is 0 Å².